The number of hydrogen-bond donors (Lipinski definition) is 2. The van der Waals surface area contributed by atoms with Gasteiger partial charge in [0.15, 0.2) is 10.8 Å². The third-order valence-electron chi connectivity index (χ3n) is 3.80. The van der Waals surface area contributed by atoms with Gasteiger partial charge in [-0.3, -0.25) is 5.01 Å². The molecule has 0 spiro atoms. The lowest BCUT2D eigenvalue weighted by Gasteiger charge is -2.27. The highest BCUT2D eigenvalue weighted by atomic mass is 16.3. The summed E-state index contributed by atoms with van der Waals surface area (Å²) in [4.78, 5) is 8.83. The Morgan fingerprint density at radius 1 is 1.18 bits per heavy atom. The van der Waals surface area contributed by atoms with Crippen LogP contribution in [0.1, 0.15) is 38.4 Å². The molecule has 0 bridgehead atoms. The predicted octanol–water partition coefficient (Wildman–Crippen LogP) is 1.25. The van der Waals surface area contributed by atoms with Crippen molar-refractivity contribution in [2.45, 2.75) is 32.9 Å². The molecule has 3 rings (SSSR count). The maximum atomic E-state index is 10.5. The minimum absolute atomic E-state index is 0.0623. The molecule has 2 heterocycles. The topological polar surface area (TPSA) is 65.7 Å². The highest BCUT2D eigenvalue weighted by Crippen LogP contribution is 2.13. The minimum atomic E-state index is 0.0623. The van der Waals surface area contributed by atoms with E-state index in [1.54, 1.807) is 11.3 Å². The summed E-state index contributed by atoms with van der Waals surface area (Å²) in [5, 5.41) is 12.6. The molecule has 22 heavy (non-hydrogen) atoms. The van der Waals surface area contributed by atoms with Crippen molar-refractivity contribution in [2.75, 3.05) is 6.67 Å². The Morgan fingerprint density at radius 3 is 2.59 bits per heavy atom. The van der Waals surface area contributed by atoms with E-state index in [1.165, 1.54) is 0 Å². The lowest BCUT2D eigenvalue weighted by Crippen LogP contribution is -2.48. The number of aliphatic hydroxyl groups excluding tert-OH is 1. The Labute approximate surface area is 129 Å². The van der Waals surface area contributed by atoms with Crippen LogP contribution in [0.5, 0.6) is 0 Å². The molecule has 2 N–H and O–H groups in total. The van der Waals surface area contributed by atoms with Gasteiger partial charge in [0, 0.05) is 12.1 Å². The molecule has 1 aliphatic heterocycles. The summed E-state index contributed by atoms with van der Waals surface area (Å²) < 4.78 is 1.96. The molecule has 1 aromatic heterocycles. The zero-order valence-corrected chi connectivity index (χ0v) is 13.1. The first-order chi connectivity index (χ1) is 10.6. The van der Waals surface area contributed by atoms with Gasteiger partial charge in [-0.1, -0.05) is 30.3 Å². The molecule has 0 amide bonds. The second-order valence-electron chi connectivity index (χ2n) is 5.73. The average molecular weight is 299 g/mol. The van der Waals surface area contributed by atoms with Crippen molar-refractivity contribution in [3.63, 3.8) is 0 Å². The number of fused-ring (bicyclic) bond motifs is 1. The van der Waals surface area contributed by atoms with Crippen molar-refractivity contribution in [3.8, 4) is 0 Å². The van der Waals surface area contributed by atoms with Crippen LogP contribution < -0.4 is 16.3 Å². The van der Waals surface area contributed by atoms with E-state index in [4.69, 9.17) is 0 Å². The van der Waals surface area contributed by atoms with Crippen LogP contribution in [0.15, 0.2) is 41.7 Å². The van der Waals surface area contributed by atoms with E-state index in [-0.39, 0.29) is 18.0 Å². The summed E-state index contributed by atoms with van der Waals surface area (Å²) in [7, 11) is 0. The number of aliphatic hydroxyl groups is 1. The zero-order valence-electron chi connectivity index (χ0n) is 13.1. The fourth-order valence-corrected chi connectivity index (χ4v) is 2.53. The average Bonchev–Trinajstić information content (AvgIpc) is 2.96. The number of hydrogen-bond acceptors (Lipinski definition) is 5. The van der Waals surface area contributed by atoms with E-state index in [9.17, 15) is 5.11 Å². The molecule has 6 heteroatoms. The number of hydrazine groups is 1. The molecule has 0 aliphatic carbocycles. The van der Waals surface area contributed by atoms with Crippen LogP contribution in [-0.2, 0) is 0 Å². The molecule has 0 saturated carbocycles. The van der Waals surface area contributed by atoms with Crippen molar-refractivity contribution >= 4 is 5.88 Å². The first-order valence-electron chi connectivity index (χ1n) is 7.47. The number of aromatic nitrogens is 2. The van der Waals surface area contributed by atoms with Crippen molar-refractivity contribution in [1.82, 2.24) is 20.0 Å². The van der Waals surface area contributed by atoms with Gasteiger partial charge in [0.2, 0.25) is 5.88 Å². The molecule has 0 fully saturated rings. The molecule has 0 saturated heterocycles. The molecule has 0 radical (unpaired) electrons. The Balaban J connectivity index is 1.87. The van der Waals surface area contributed by atoms with Gasteiger partial charge in [0.05, 0.1) is 6.33 Å². The number of nitrogens with one attached hydrogen (secondary N) is 1. The first kappa shape index (κ1) is 14.6. The van der Waals surface area contributed by atoms with Gasteiger partial charge in [-0.25, -0.2) is 15.4 Å². The summed E-state index contributed by atoms with van der Waals surface area (Å²) in [6.07, 6.45) is 1.72. The summed E-state index contributed by atoms with van der Waals surface area (Å²) in [5.41, 5.74) is 5.15. The largest absolute Gasteiger partial charge is 0.492 e. The summed E-state index contributed by atoms with van der Waals surface area (Å²) >= 11 is 0. The van der Waals surface area contributed by atoms with Crippen LogP contribution in [0.25, 0.3) is 5.88 Å². The number of rotatable bonds is 4. The van der Waals surface area contributed by atoms with E-state index in [0.29, 0.717) is 12.0 Å². The minimum Gasteiger partial charge on any atom is -0.492 e. The maximum absolute atomic E-state index is 10.5. The number of benzene rings is 1. The molecule has 6 nitrogen and oxygen atoms in total. The summed E-state index contributed by atoms with van der Waals surface area (Å²) in [5.74, 6) is 0.118. The van der Waals surface area contributed by atoms with Gasteiger partial charge in [-0.05, 0) is 26.3 Å². The quantitative estimate of drug-likeness (QED) is 0.891. The van der Waals surface area contributed by atoms with Crippen LogP contribution in [0.3, 0.4) is 0 Å². The van der Waals surface area contributed by atoms with Crippen molar-refractivity contribution < 1.29 is 5.11 Å². The van der Waals surface area contributed by atoms with Crippen LogP contribution in [0.2, 0.25) is 0 Å². The highest BCUT2D eigenvalue weighted by Gasteiger charge is 2.19. The molecule has 1 aromatic carbocycles. The van der Waals surface area contributed by atoms with Gasteiger partial charge in [-0.2, -0.15) is 0 Å². The first-order valence-corrected chi connectivity index (χ1v) is 7.47. The Morgan fingerprint density at radius 2 is 1.91 bits per heavy atom. The molecular weight excluding hydrogens is 278 g/mol. The predicted molar refractivity (Wildman–Crippen MR) is 84.1 cm³/mol. The van der Waals surface area contributed by atoms with E-state index >= 15 is 0 Å². The SMILES string of the molecule is CC(NN1CN=c2c(ncn2C(C)C)=C1O)c1ccccc1. The zero-order chi connectivity index (χ0) is 15.7. The van der Waals surface area contributed by atoms with Crippen LogP contribution in [0, 0.1) is 0 Å². The third-order valence-corrected chi connectivity index (χ3v) is 3.80. The standard InChI is InChI=1S/C16H21N5O/c1-11(2)20-9-17-14-15(20)18-10-21(16(14)22)19-12(3)13-7-5-4-6-8-13/h4-9,11-12,19,22H,10H2,1-3H3. The van der Waals surface area contributed by atoms with E-state index in [1.807, 2.05) is 29.7 Å². The monoisotopic (exact) mass is 299 g/mol. The van der Waals surface area contributed by atoms with E-state index in [2.05, 4.69) is 41.4 Å². The summed E-state index contributed by atoms with van der Waals surface area (Å²) in [6.45, 7) is 6.53. The normalized spacial score (nSPS) is 15.6. The van der Waals surface area contributed by atoms with Crippen LogP contribution in [0.4, 0.5) is 0 Å². The fourth-order valence-electron chi connectivity index (χ4n) is 2.53. The fraction of sp³-hybridized carbons (Fsp3) is 0.375. The van der Waals surface area contributed by atoms with Crippen molar-refractivity contribution in [1.29, 1.82) is 0 Å². The molecule has 1 unspecified atom stereocenters. The Bertz CT molecular complexity index is 766. The van der Waals surface area contributed by atoms with Crippen LogP contribution in [-0.4, -0.2) is 26.3 Å². The Hall–Kier alpha value is -2.34. The molecule has 2 aromatic rings. The smallest absolute Gasteiger partial charge is 0.233 e. The van der Waals surface area contributed by atoms with Crippen molar-refractivity contribution in [2.24, 2.45) is 4.99 Å². The molecule has 1 atom stereocenters. The second kappa shape index (κ2) is 5.81. The van der Waals surface area contributed by atoms with E-state index in [0.717, 1.165) is 11.1 Å². The molecule has 1 aliphatic rings. The van der Waals surface area contributed by atoms with Gasteiger partial charge < -0.3 is 9.67 Å². The maximum Gasteiger partial charge on any atom is 0.233 e. The summed E-state index contributed by atoms with van der Waals surface area (Å²) in [6, 6.07) is 10.4. The van der Waals surface area contributed by atoms with Gasteiger partial charge >= 0.3 is 0 Å². The van der Waals surface area contributed by atoms with Crippen molar-refractivity contribution in [3.05, 3.63) is 53.1 Å². The lowest BCUT2D eigenvalue weighted by molar-refractivity contribution is 0.186. The Kier molecular flexibility index (Phi) is 3.85. The van der Waals surface area contributed by atoms with Gasteiger partial charge in [-0.15, -0.1) is 0 Å². The highest BCUT2D eigenvalue weighted by molar-refractivity contribution is 5.30. The van der Waals surface area contributed by atoms with E-state index < -0.39 is 0 Å². The number of nitrogens with zero attached hydrogens (tertiary/aromatic N) is 4. The second-order valence-corrected chi connectivity index (χ2v) is 5.73. The molecule has 116 valence electrons. The number of imidazole rings is 1. The molecular formula is C16H21N5O. The third kappa shape index (κ3) is 2.57. The van der Waals surface area contributed by atoms with Gasteiger partial charge in [0.1, 0.15) is 6.67 Å². The van der Waals surface area contributed by atoms with Gasteiger partial charge in [0.25, 0.3) is 0 Å². The van der Waals surface area contributed by atoms with Crippen LogP contribution >= 0.6 is 0 Å². The lowest BCUT2D eigenvalue weighted by atomic mass is 10.1.